The van der Waals surface area contributed by atoms with Crippen molar-refractivity contribution in [1.82, 2.24) is 0 Å². The molecule has 1 N–H and O–H groups in total. The van der Waals surface area contributed by atoms with Gasteiger partial charge in [-0.1, -0.05) is 0 Å². The molecular weight excluding hydrogens is 275 g/mol. The SMILES string of the molecule is O=C(O)c1ccc(S)c(I)c1. The molecular formula is C7H5IO2S. The number of rotatable bonds is 1. The number of carbonyl (C=O) groups is 1. The first-order valence-corrected chi connectivity index (χ1v) is 4.35. The van der Waals surface area contributed by atoms with Gasteiger partial charge in [0.2, 0.25) is 0 Å². The van der Waals surface area contributed by atoms with E-state index in [1.807, 2.05) is 22.6 Å². The van der Waals surface area contributed by atoms with Crippen molar-refractivity contribution in [3.63, 3.8) is 0 Å². The molecule has 2 nitrogen and oxygen atoms in total. The summed E-state index contributed by atoms with van der Waals surface area (Å²) in [4.78, 5) is 11.2. The summed E-state index contributed by atoms with van der Waals surface area (Å²) in [5.41, 5.74) is 0.298. The minimum absolute atomic E-state index is 0.298. The van der Waals surface area contributed by atoms with Crippen LogP contribution in [0.4, 0.5) is 0 Å². The molecule has 1 aromatic rings. The van der Waals surface area contributed by atoms with E-state index in [0.29, 0.717) is 5.56 Å². The second-order valence-corrected chi connectivity index (χ2v) is 3.62. The highest BCUT2D eigenvalue weighted by Crippen LogP contribution is 2.17. The second kappa shape index (κ2) is 3.44. The summed E-state index contributed by atoms with van der Waals surface area (Å²) in [6, 6.07) is 4.80. The molecule has 0 fully saturated rings. The van der Waals surface area contributed by atoms with Gasteiger partial charge in [0.1, 0.15) is 0 Å². The molecule has 0 atom stereocenters. The van der Waals surface area contributed by atoms with Gasteiger partial charge >= 0.3 is 5.97 Å². The molecule has 0 spiro atoms. The third-order valence-electron chi connectivity index (χ3n) is 1.19. The zero-order valence-electron chi connectivity index (χ0n) is 5.41. The molecule has 0 bridgehead atoms. The predicted octanol–water partition coefficient (Wildman–Crippen LogP) is 2.28. The first-order valence-electron chi connectivity index (χ1n) is 2.83. The molecule has 0 aliphatic rings. The molecule has 0 aliphatic carbocycles. The highest BCUT2D eigenvalue weighted by molar-refractivity contribution is 14.1. The molecule has 58 valence electrons. The van der Waals surface area contributed by atoms with Crippen molar-refractivity contribution in [2.75, 3.05) is 0 Å². The Kier molecular flexibility index (Phi) is 2.78. The van der Waals surface area contributed by atoms with E-state index in [2.05, 4.69) is 12.6 Å². The van der Waals surface area contributed by atoms with Crippen molar-refractivity contribution < 1.29 is 9.90 Å². The average molecular weight is 280 g/mol. The molecule has 0 unspecified atom stereocenters. The summed E-state index contributed by atoms with van der Waals surface area (Å²) in [7, 11) is 0. The number of hydrogen-bond donors (Lipinski definition) is 2. The van der Waals surface area contributed by atoms with Gasteiger partial charge in [-0.15, -0.1) is 12.6 Å². The highest BCUT2D eigenvalue weighted by atomic mass is 127. The standard InChI is InChI=1S/C7H5IO2S/c8-5-3-4(7(9)10)1-2-6(5)11/h1-3,11H,(H,9,10). The van der Waals surface area contributed by atoms with Gasteiger partial charge in [-0.2, -0.15) is 0 Å². The molecule has 0 radical (unpaired) electrons. The van der Waals surface area contributed by atoms with Crippen LogP contribution in [0.2, 0.25) is 0 Å². The Bertz CT molecular complexity index is 298. The third-order valence-corrected chi connectivity index (χ3v) is 2.90. The molecule has 0 heterocycles. The molecule has 1 rings (SSSR count). The molecule has 0 saturated carbocycles. The number of halogens is 1. The lowest BCUT2D eigenvalue weighted by molar-refractivity contribution is 0.0696. The fourth-order valence-electron chi connectivity index (χ4n) is 0.640. The van der Waals surface area contributed by atoms with Gasteiger partial charge in [-0.05, 0) is 40.8 Å². The number of carboxylic acids is 1. The topological polar surface area (TPSA) is 37.3 Å². The molecule has 0 amide bonds. The van der Waals surface area contributed by atoms with Crippen molar-refractivity contribution in [2.45, 2.75) is 4.90 Å². The summed E-state index contributed by atoms with van der Waals surface area (Å²) in [6.07, 6.45) is 0. The normalized spacial score (nSPS) is 9.64. The maximum absolute atomic E-state index is 10.4. The predicted molar refractivity (Wildman–Crippen MR) is 53.4 cm³/mol. The largest absolute Gasteiger partial charge is 0.478 e. The van der Waals surface area contributed by atoms with E-state index < -0.39 is 5.97 Å². The summed E-state index contributed by atoms with van der Waals surface area (Å²) in [5.74, 6) is -0.906. The van der Waals surface area contributed by atoms with Gasteiger partial charge in [-0.25, -0.2) is 4.79 Å². The number of aromatic carboxylic acids is 1. The third kappa shape index (κ3) is 2.10. The van der Waals surface area contributed by atoms with Crippen molar-refractivity contribution in [2.24, 2.45) is 0 Å². The Hall–Kier alpha value is -0.230. The van der Waals surface area contributed by atoms with Crippen LogP contribution in [0, 0.1) is 3.57 Å². The average Bonchev–Trinajstić information content (AvgIpc) is 1.94. The maximum atomic E-state index is 10.4. The molecule has 4 heteroatoms. The van der Waals surface area contributed by atoms with E-state index in [1.165, 1.54) is 6.07 Å². The lowest BCUT2D eigenvalue weighted by Crippen LogP contribution is -1.96. The van der Waals surface area contributed by atoms with Gasteiger partial charge in [-0.3, -0.25) is 0 Å². The van der Waals surface area contributed by atoms with Crippen molar-refractivity contribution >= 4 is 41.2 Å². The Morgan fingerprint density at radius 2 is 2.18 bits per heavy atom. The number of carboxylic acid groups (broad SMARTS) is 1. The van der Waals surface area contributed by atoms with E-state index in [1.54, 1.807) is 12.1 Å². The van der Waals surface area contributed by atoms with Crippen LogP contribution in [-0.2, 0) is 0 Å². The highest BCUT2D eigenvalue weighted by Gasteiger charge is 2.03. The summed E-state index contributed by atoms with van der Waals surface area (Å²) in [5, 5.41) is 8.57. The van der Waals surface area contributed by atoms with Crippen LogP contribution >= 0.6 is 35.2 Å². The molecule has 0 aromatic heterocycles. The summed E-state index contributed by atoms with van der Waals surface area (Å²) in [6.45, 7) is 0. The Morgan fingerprint density at radius 3 is 2.64 bits per heavy atom. The van der Waals surface area contributed by atoms with Crippen LogP contribution in [0.1, 0.15) is 10.4 Å². The molecule has 1 aromatic carbocycles. The number of thiol groups is 1. The fourth-order valence-corrected chi connectivity index (χ4v) is 1.29. The van der Waals surface area contributed by atoms with E-state index in [4.69, 9.17) is 5.11 Å². The first kappa shape index (κ1) is 8.86. The van der Waals surface area contributed by atoms with Crippen molar-refractivity contribution in [3.8, 4) is 0 Å². The van der Waals surface area contributed by atoms with Gasteiger partial charge < -0.3 is 5.11 Å². The molecule has 0 aliphatic heterocycles. The maximum Gasteiger partial charge on any atom is 0.335 e. The second-order valence-electron chi connectivity index (χ2n) is 1.97. The molecule has 11 heavy (non-hydrogen) atoms. The quantitative estimate of drug-likeness (QED) is 0.611. The van der Waals surface area contributed by atoms with Crippen molar-refractivity contribution in [3.05, 3.63) is 27.3 Å². The van der Waals surface area contributed by atoms with Crippen LogP contribution in [0.15, 0.2) is 23.1 Å². The van der Waals surface area contributed by atoms with Crippen LogP contribution < -0.4 is 0 Å². The Labute approximate surface area is 83.2 Å². The van der Waals surface area contributed by atoms with Crippen LogP contribution in [0.5, 0.6) is 0 Å². The van der Waals surface area contributed by atoms with E-state index in [9.17, 15) is 4.79 Å². The summed E-state index contributed by atoms with van der Waals surface area (Å²) < 4.78 is 0.853. The van der Waals surface area contributed by atoms with E-state index in [0.717, 1.165) is 8.47 Å². The molecule has 0 saturated heterocycles. The van der Waals surface area contributed by atoms with E-state index in [-0.39, 0.29) is 0 Å². The van der Waals surface area contributed by atoms with E-state index >= 15 is 0 Å². The zero-order valence-corrected chi connectivity index (χ0v) is 8.46. The monoisotopic (exact) mass is 280 g/mol. The number of hydrogen-bond acceptors (Lipinski definition) is 2. The Morgan fingerprint density at radius 1 is 1.55 bits per heavy atom. The van der Waals surface area contributed by atoms with Gasteiger partial charge in [0, 0.05) is 8.47 Å². The lowest BCUT2D eigenvalue weighted by atomic mass is 10.2. The lowest BCUT2D eigenvalue weighted by Gasteiger charge is -1.97. The van der Waals surface area contributed by atoms with Gasteiger partial charge in [0.15, 0.2) is 0 Å². The van der Waals surface area contributed by atoms with Crippen LogP contribution in [0.25, 0.3) is 0 Å². The fraction of sp³-hybridized carbons (Fsp3) is 0. The van der Waals surface area contributed by atoms with Crippen LogP contribution in [0.3, 0.4) is 0 Å². The Balaban J connectivity index is 3.15. The smallest absolute Gasteiger partial charge is 0.335 e. The van der Waals surface area contributed by atoms with Crippen LogP contribution in [-0.4, -0.2) is 11.1 Å². The van der Waals surface area contributed by atoms with Gasteiger partial charge in [0.05, 0.1) is 5.56 Å². The van der Waals surface area contributed by atoms with Gasteiger partial charge in [0.25, 0.3) is 0 Å². The minimum atomic E-state index is -0.906. The van der Waals surface area contributed by atoms with Crippen molar-refractivity contribution in [1.29, 1.82) is 0 Å². The first-order chi connectivity index (χ1) is 5.11. The minimum Gasteiger partial charge on any atom is -0.478 e. The summed E-state index contributed by atoms with van der Waals surface area (Å²) >= 11 is 6.16. The zero-order chi connectivity index (χ0) is 8.43. The number of benzene rings is 1.